The maximum atomic E-state index is 12.3. The van der Waals surface area contributed by atoms with Gasteiger partial charge in [-0.05, 0) is 31.0 Å². The Hall–Kier alpha value is -2.62. The number of carbonyl (C=O) groups excluding carboxylic acids is 2. The Bertz CT molecular complexity index is 647. The van der Waals surface area contributed by atoms with Crippen LogP contribution >= 0.6 is 0 Å². The number of aryl methyl sites for hydroxylation is 1. The molecular formula is C19H20O4. The molecule has 0 bridgehead atoms. The highest BCUT2D eigenvalue weighted by molar-refractivity contribution is 5.91. The van der Waals surface area contributed by atoms with E-state index in [0.29, 0.717) is 11.1 Å². The van der Waals surface area contributed by atoms with Crippen molar-refractivity contribution in [1.29, 1.82) is 0 Å². The van der Waals surface area contributed by atoms with E-state index in [2.05, 4.69) is 0 Å². The van der Waals surface area contributed by atoms with Gasteiger partial charge < -0.3 is 9.47 Å². The van der Waals surface area contributed by atoms with Crippen molar-refractivity contribution in [3.05, 3.63) is 71.3 Å². The average Bonchev–Trinajstić information content (AvgIpc) is 2.60. The fraction of sp³-hybridized carbons (Fsp3) is 0.263. The van der Waals surface area contributed by atoms with Crippen LogP contribution in [0.4, 0.5) is 0 Å². The number of carbonyl (C=O) groups is 2. The molecule has 0 spiro atoms. The molecular weight excluding hydrogens is 292 g/mol. The van der Waals surface area contributed by atoms with E-state index < -0.39 is 18.0 Å². The fourth-order valence-electron chi connectivity index (χ4n) is 2.15. The van der Waals surface area contributed by atoms with Crippen LogP contribution in [0.5, 0.6) is 0 Å². The van der Waals surface area contributed by atoms with Crippen LogP contribution in [0.1, 0.15) is 41.4 Å². The number of esters is 2. The van der Waals surface area contributed by atoms with Crippen LogP contribution in [0.2, 0.25) is 0 Å². The summed E-state index contributed by atoms with van der Waals surface area (Å²) in [7, 11) is 0. The minimum absolute atomic E-state index is 0.227. The summed E-state index contributed by atoms with van der Waals surface area (Å²) in [5.41, 5.74) is 2.13. The van der Waals surface area contributed by atoms with Gasteiger partial charge in [-0.15, -0.1) is 0 Å². The van der Waals surface area contributed by atoms with Gasteiger partial charge >= 0.3 is 11.9 Å². The molecule has 0 amide bonds. The number of rotatable bonds is 6. The van der Waals surface area contributed by atoms with Gasteiger partial charge in [0.15, 0.2) is 0 Å². The Balaban J connectivity index is 2.19. The van der Waals surface area contributed by atoms with Crippen LogP contribution in [0.3, 0.4) is 0 Å². The van der Waals surface area contributed by atoms with E-state index in [1.165, 1.54) is 0 Å². The molecule has 2 aromatic rings. The number of benzene rings is 2. The number of ether oxygens (including phenoxy) is 2. The summed E-state index contributed by atoms with van der Waals surface area (Å²) in [5, 5.41) is 0. The Morgan fingerprint density at radius 3 is 2.17 bits per heavy atom. The molecule has 0 aliphatic rings. The summed E-state index contributed by atoms with van der Waals surface area (Å²) in [4.78, 5) is 24.4. The molecule has 4 heteroatoms. The summed E-state index contributed by atoms with van der Waals surface area (Å²) in [6.07, 6.45) is -0.167. The van der Waals surface area contributed by atoms with E-state index >= 15 is 0 Å². The third-order valence-electron chi connectivity index (χ3n) is 3.43. The minimum atomic E-state index is -1.06. The van der Waals surface area contributed by atoms with Crippen LogP contribution < -0.4 is 0 Å². The zero-order valence-electron chi connectivity index (χ0n) is 13.3. The molecule has 4 nitrogen and oxygen atoms in total. The summed E-state index contributed by atoms with van der Waals surface area (Å²) in [6.45, 7) is 3.98. The SMILES string of the molecule is CCOC(=O)C(OC(=O)c1ccc(CC)cc1)c1ccccc1. The van der Waals surface area contributed by atoms with Gasteiger partial charge in [-0.2, -0.15) is 0 Å². The Morgan fingerprint density at radius 1 is 0.957 bits per heavy atom. The second-order valence-electron chi connectivity index (χ2n) is 5.00. The quantitative estimate of drug-likeness (QED) is 0.763. The summed E-state index contributed by atoms with van der Waals surface area (Å²) in [5.74, 6) is -1.12. The Labute approximate surface area is 136 Å². The predicted molar refractivity (Wildman–Crippen MR) is 87.1 cm³/mol. The van der Waals surface area contributed by atoms with Gasteiger partial charge in [-0.3, -0.25) is 0 Å². The van der Waals surface area contributed by atoms with E-state index in [9.17, 15) is 9.59 Å². The minimum Gasteiger partial charge on any atom is -0.463 e. The molecule has 0 aliphatic heterocycles. The highest BCUT2D eigenvalue weighted by Crippen LogP contribution is 2.21. The Kier molecular flexibility index (Phi) is 5.92. The molecule has 0 radical (unpaired) electrons. The van der Waals surface area contributed by atoms with Crippen LogP contribution in [0.15, 0.2) is 54.6 Å². The van der Waals surface area contributed by atoms with Crippen molar-refractivity contribution in [3.63, 3.8) is 0 Å². The molecule has 2 rings (SSSR count). The second-order valence-corrected chi connectivity index (χ2v) is 5.00. The zero-order valence-corrected chi connectivity index (χ0v) is 13.3. The third kappa shape index (κ3) is 4.42. The molecule has 23 heavy (non-hydrogen) atoms. The molecule has 0 saturated heterocycles. The maximum absolute atomic E-state index is 12.3. The van der Waals surface area contributed by atoms with Crippen LogP contribution in [-0.2, 0) is 20.7 Å². The molecule has 0 aliphatic carbocycles. The van der Waals surface area contributed by atoms with E-state index in [-0.39, 0.29) is 6.61 Å². The normalized spacial score (nSPS) is 11.6. The molecule has 0 saturated carbocycles. The summed E-state index contributed by atoms with van der Waals surface area (Å²) in [6, 6.07) is 16.0. The molecule has 120 valence electrons. The lowest BCUT2D eigenvalue weighted by Crippen LogP contribution is -2.22. The maximum Gasteiger partial charge on any atom is 0.352 e. The third-order valence-corrected chi connectivity index (χ3v) is 3.43. The largest absolute Gasteiger partial charge is 0.463 e. The first-order chi connectivity index (χ1) is 11.2. The summed E-state index contributed by atoms with van der Waals surface area (Å²) < 4.78 is 10.4. The van der Waals surface area contributed by atoms with Gasteiger partial charge in [0, 0.05) is 5.56 Å². The standard InChI is InChI=1S/C19H20O4/c1-3-14-10-12-16(13-11-14)18(20)23-17(19(21)22-4-2)15-8-6-5-7-9-15/h5-13,17H,3-4H2,1-2H3. The van der Waals surface area contributed by atoms with Gasteiger partial charge in [0.05, 0.1) is 12.2 Å². The van der Waals surface area contributed by atoms with E-state index in [1.807, 2.05) is 25.1 Å². The van der Waals surface area contributed by atoms with E-state index in [0.717, 1.165) is 12.0 Å². The summed E-state index contributed by atoms with van der Waals surface area (Å²) >= 11 is 0. The molecule has 0 aromatic heterocycles. The van der Waals surface area contributed by atoms with Crippen molar-refractivity contribution in [2.24, 2.45) is 0 Å². The molecule has 1 atom stereocenters. The van der Waals surface area contributed by atoms with Gasteiger partial charge in [0.2, 0.25) is 6.10 Å². The van der Waals surface area contributed by atoms with E-state index in [1.54, 1.807) is 43.3 Å². The lowest BCUT2D eigenvalue weighted by Gasteiger charge is -2.17. The van der Waals surface area contributed by atoms with Crippen LogP contribution in [0.25, 0.3) is 0 Å². The van der Waals surface area contributed by atoms with Crippen LogP contribution in [0, 0.1) is 0 Å². The lowest BCUT2D eigenvalue weighted by atomic mass is 10.1. The molecule has 1 unspecified atom stereocenters. The first-order valence-corrected chi connectivity index (χ1v) is 7.67. The molecule has 0 heterocycles. The zero-order chi connectivity index (χ0) is 16.7. The van der Waals surface area contributed by atoms with Gasteiger partial charge in [-0.25, -0.2) is 9.59 Å². The topological polar surface area (TPSA) is 52.6 Å². The molecule has 2 aromatic carbocycles. The smallest absolute Gasteiger partial charge is 0.352 e. The van der Waals surface area contributed by atoms with Crippen molar-refractivity contribution in [2.75, 3.05) is 6.61 Å². The van der Waals surface area contributed by atoms with Gasteiger partial charge in [-0.1, -0.05) is 49.4 Å². The highest BCUT2D eigenvalue weighted by Gasteiger charge is 2.26. The Morgan fingerprint density at radius 2 is 1.61 bits per heavy atom. The molecule has 0 fully saturated rings. The van der Waals surface area contributed by atoms with Crippen molar-refractivity contribution in [2.45, 2.75) is 26.4 Å². The fourth-order valence-corrected chi connectivity index (χ4v) is 2.15. The average molecular weight is 312 g/mol. The lowest BCUT2D eigenvalue weighted by molar-refractivity contribution is -0.153. The van der Waals surface area contributed by atoms with Crippen molar-refractivity contribution >= 4 is 11.9 Å². The monoisotopic (exact) mass is 312 g/mol. The second kappa shape index (κ2) is 8.13. The first kappa shape index (κ1) is 16.7. The van der Waals surface area contributed by atoms with E-state index in [4.69, 9.17) is 9.47 Å². The molecule has 0 N–H and O–H groups in total. The van der Waals surface area contributed by atoms with Crippen molar-refractivity contribution in [1.82, 2.24) is 0 Å². The van der Waals surface area contributed by atoms with Gasteiger partial charge in [0.1, 0.15) is 0 Å². The van der Waals surface area contributed by atoms with Crippen molar-refractivity contribution < 1.29 is 19.1 Å². The first-order valence-electron chi connectivity index (χ1n) is 7.67. The number of hydrogen-bond acceptors (Lipinski definition) is 4. The highest BCUT2D eigenvalue weighted by atomic mass is 16.6. The van der Waals surface area contributed by atoms with Crippen molar-refractivity contribution in [3.8, 4) is 0 Å². The number of hydrogen-bond donors (Lipinski definition) is 0. The van der Waals surface area contributed by atoms with Crippen LogP contribution in [-0.4, -0.2) is 18.5 Å². The predicted octanol–water partition coefficient (Wildman–Crippen LogP) is 3.71. The van der Waals surface area contributed by atoms with Gasteiger partial charge in [0.25, 0.3) is 0 Å².